The Balaban J connectivity index is 1.14. The van der Waals surface area contributed by atoms with Crippen LogP contribution >= 0.6 is 23.4 Å². The minimum absolute atomic E-state index is 0.000777. The van der Waals surface area contributed by atoms with Gasteiger partial charge in [-0.15, -0.1) is 11.6 Å². The molecule has 4 fully saturated rings. The molecule has 3 saturated heterocycles. The number of likely N-dealkylation sites (tertiary alicyclic amines) is 1. The number of ether oxygens (including phenoxy) is 1. The molecule has 9 atom stereocenters. The summed E-state index contributed by atoms with van der Waals surface area (Å²) in [4.78, 5) is 33.2. The van der Waals surface area contributed by atoms with Crippen LogP contribution in [-0.4, -0.2) is 85.8 Å². The SMILES string of the molecule is Cc1nc2c(c(=O)n1CCOC1CCC(Cl)CC1C1CC(C)NC3C(C(=O)O)CSC13)CC(N1CCCCC1)CC2. The average molecular weight is 607 g/mol. The maximum absolute atomic E-state index is 13.7. The maximum atomic E-state index is 13.7. The average Bonchev–Trinajstić information content (AvgIpc) is 3.39. The molecule has 2 N–H and O–H groups in total. The van der Waals surface area contributed by atoms with Gasteiger partial charge in [-0.1, -0.05) is 6.42 Å². The van der Waals surface area contributed by atoms with E-state index >= 15 is 0 Å². The van der Waals surface area contributed by atoms with Gasteiger partial charge in [0.2, 0.25) is 0 Å². The molecule has 1 aromatic heterocycles. The van der Waals surface area contributed by atoms with Crippen molar-refractivity contribution in [2.24, 2.45) is 17.8 Å². The number of alkyl halides is 1. The Morgan fingerprint density at radius 1 is 1.17 bits per heavy atom. The number of carboxylic acids is 1. The van der Waals surface area contributed by atoms with E-state index in [1.807, 2.05) is 23.3 Å². The molecule has 41 heavy (non-hydrogen) atoms. The van der Waals surface area contributed by atoms with E-state index in [0.717, 1.165) is 75.1 Å². The molecule has 6 rings (SSSR count). The second-order valence-electron chi connectivity index (χ2n) is 13.3. The van der Waals surface area contributed by atoms with Gasteiger partial charge < -0.3 is 20.1 Å². The normalized spacial score (nSPS) is 37.9. The molecule has 0 spiro atoms. The number of aromatic nitrogens is 2. The van der Waals surface area contributed by atoms with Crippen LogP contribution in [0.15, 0.2) is 4.79 Å². The monoisotopic (exact) mass is 606 g/mol. The van der Waals surface area contributed by atoms with Gasteiger partial charge in [0.05, 0.1) is 30.9 Å². The highest BCUT2D eigenvalue weighted by atomic mass is 35.5. The van der Waals surface area contributed by atoms with Crippen molar-refractivity contribution >= 4 is 29.3 Å². The Morgan fingerprint density at radius 3 is 2.76 bits per heavy atom. The number of thioether (sulfide) groups is 1. The molecule has 0 radical (unpaired) electrons. The number of halogens is 1. The van der Waals surface area contributed by atoms with Crippen LogP contribution in [0.2, 0.25) is 0 Å². The van der Waals surface area contributed by atoms with Gasteiger partial charge in [0.1, 0.15) is 5.82 Å². The molecule has 8 nitrogen and oxygen atoms in total. The number of rotatable bonds is 7. The van der Waals surface area contributed by atoms with E-state index in [-0.39, 0.29) is 40.3 Å². The number of aliphatic carboxylic acids is 1. The summed E-state index contributed by atoms with van der Waals surface area (Å²) in [5, 5.41) is 13.8. The summed E-state index contributed by atoms with van der Waals surface area (Å²) in [7, 11) is 0. The molecule has 1 aromatic rings. The van der Waals surface area contributed by atoms with Gasteiger partial charge >= 0.3 is 5.97 Å². The summed E-state index contributed by atoms with van der Waals surface area (Å²) in [5.41, 5.74) is 2.04. The lowest BCUT2D eigenvalue weighted by molar-refractivity contribution is -0.142. The zero-order valence-corrected chi connectivity index (χ0v) is 26.2. The molecule has 0 aromatic carbocycles. The Morgan fingerprint density at radius 2 is 1.98 bits per heavy atom. The summed E-state index contributed by atoms with van der Waals surface area (Å²) in [6.07, 6.45) is 10.5. The van der Waals surface area contributed by atoms with Crippen LogP contribution in [0.25, 0.3) is 0 Å². The van der Waals surface area contributed by atoms with Crippen LogP contribution in [0.4, 0.5) is 0 Å². The molecule has 228 valence electrons. The maximum Gasteiger partial charge on any atom is 0.308 e. The smallest absolute Gasteiger partial charge is 0.308 e. The minimum Gasteiger partial charge on any atom is -0.481 e. The lowest BCUT2D eigenvalue weighted by atomic mass is 9.70. The quantitative estimate of drug-likeness (QED) is 0.452. The third-order valence-corrected chi connectivity index (χ3v) is 12.6. The summed E-state index contributed by atoms with van der Waals surface area (Å²) in [5.74, 6) is 1.08. The van der Waals surface area contributed by atoms with E-state index in [1.165, 1.54) is 19.3 Å². The van der Waals surface area contributed by atoms with Gasteiger partial charge in [0.15, 0.2) is 0 Å². The minimum atomic E-state index is -0.696. The van der Waals surface area contributed by atoms with Crippen LogP contribution in [0.1, 0.15) is 75.4 Å². The predicted octanol–water partition coefficient (Wildman–Crippen LogP) is 3.87. The van der Waals surface area contributed by atoms with Gasteiger partial charge in [-0.3, -0.25) is 14.2 Å². The summed E-state index contributed by atoms with van der Waals surface area (Å²) >= 11 is 8.55. The number of fused-ring (bicyclic) bond motifs is 2. The molecule has 3 aliphatic heterocycles. The summed E-state index contributed by atoms with van der Waals surface area (Å²) in [6.45, 7) is 7.42. The Bertz CT molecular complexity index is 1160. The standard InChI is InChI=1S/C31H47ClN4O4S/c1-18-14-23(29-28(33-18)25(17-41-29)31(38)39)22-15-20(32)6-9-27(22)40-13-12-36-19(2)34-26-8-7-21(16-24(26)30(36)37)35-10-4-3-5-11-35/h18,20-23,25,27-29,33H,3-17H2,1-2H3,(H,38,39). The highest BCUT2D eigenvalue weighted by Crippen LogP contribution is 2.48. The Labute approximate surface area is 253 Å². The van der Waals surface area contributed by atoms with Crippen LogP contribution in [-0.2, 0) is 28.9 Å². The van der Waals surface area contributed by atoms with Gasteiger partial charge in [0.25, 0.3) is 5.56 Å². The molecule has 0 amide bonds. The number of nitrogens with one attached hydrogen (secondary N) is 1. The van der Waals surface area contributed by atoms with Gasteiger partial charge in [-0.2, -0.15) is 11.8 Å². The predicted molar refractivity (Wildman–Crippen MR) is 163 cm³/mol. The van der Waals surface area contributed by atoms with E-state index in [1.54, 1.807) is 0 Å². The van der Waals surface area contributed by atoms with Crippen molar-refractivity contribution in [1.82, 2.24) is 19.8 Å². The van der Waals surface area contributed by atoms with Crippen molar-refractivity contribution in [2.75, 3.05) is 25.4 Å². The Kier molecular flexibility index (Phi) is 9.38. The van der Waals surface area contributed by atoms with Crippen LogP contribution in [0.5, 0.6) is 0 Å². The van der Waals surface area contributed by atoms with Crippen LogP contribution in [0.3, 0.4) is 0 Å². The van der Waals surface area contributed by atoms with Crippen molar-refractivity contribution in [3.63, 3.8) is 0 Å². The third-order valence-electron chi connectivity index (χ3n) is 10.7. The number of carboxylic acid groups (broad SMARTS) is 1. The molecule has 10 heteroatoms. The van der Waals surface area contributed by atoms with Crippen LogP contribution in [0, 0.1) is 24.7 Å². The largest absolute Gasteiger partial charge is 0.481 e. The third kappa shape index (κ3) is 6.26. The van der Waals surface area contributed by atoms with E-state index in [4.69, 9.17) is 21.3 Å². The van der Waals surface area contributed by atoms with Crippen molar-refractivity contribution in [1.29, 1.82) is 0 Å². The first kappa shape index (κ1) is 29.9. The topological polar surface area (TPSA) is 96.7 Å². The van der Waals surface area contributed by atoms with Crippen molar-refractivity contribution in [3.05, 3.63) is 27.4 Å². The number of aryl methyl sites for hydroxylation is 2. The number of hydrogen-bond acceptors (Lipinski definition) is 7. The fraction of sp³-hybridized carbons (Fsp3) is 0.839. The lowest BCUT2D eigenvalue weighted by Crippen LogP contribution is -2.57. The lowest BCUT2D eigenvalue weighted by Gasteiger charge is -2.47. The van der Waals surface area contributed by atoms with Gasteiger partial charge in [0, 0.05) is 40.1 Å². The Hall–Kier alpha value is -1.13. The molecule has 5 aliphatic rings. The first-order valence-corrected chi connectivity index (χ1v) is 17.5. The molecule has 0 bridgehead atoms. The first-order chi connectivity index (χ1) is 19.8. The highest BCUT2D eigenvalue weighted by molar-refractivity contribution is 8.00. The zero-order chi connectivity index (χ0) is 28.7. The highest BCUT2D eigenvalue weighted by Gasteiger charge is 2.51. The second-order valence-corrected chi connectivity index (χ2v) is 15.1. The van der Waals surface area contributed by atoms with Crippen molar-refractivity contribution in [2.45, 2.75) is 119 Å². The fourth-order valence-electron chi connectivity index (χ4n) is 8.58. The number of hydrogen-bond donors (Lipinski definition) is 2. The van der Waals surface area contributed by atoms with Crippen molar-refractivity contribution < 1.29 is 14.6 Å². The zero-order valence-electron chi connectivity index (χ0n) is 24.6. The van der Waals surface area contributed by atoms with E-state index in [2.05, 4.69) is 17.1 Å². The molecular formula is C31H47ClN4O4S. The number of nitrogens with zero attached hydrogens (tertiary/aromatic N) is 3. The fourth-order valence-corrected chi connectivity index (χ4v) is 10.7. The molecule has 4 heterocycles. The summed E-state index contributed by atoms with van der Waals surface area (Å²) < 4.78 is 8.47. The second kappa shape index (κ2) is 12.8. The molecule has 2 aliphatic carbocycles. The van der Waals surface area contributed by atoms with E-state index < -0.39 is 5.97 Å². The van der Waals surface area contributed by atoms with Crippen molar-refractivity contribution in [3.8, 4) is 0 Å². The van der Waals surface area contributed by atoms with E-state index in [9.17, 15) is 14.7 Å². The molecule has 9 unspecified atom stereocenters. The number of piperidine rings is 2. The molecular weight excluding hydrogens is 560 g/mol. The van der Waals surface area contributed by atoms with Gasteiger partial charge in [-0.05, 0) is 96.6 Å². The number of carbonyl (C=O) groups is 1. The molecule has 1 saturated carbocycles. The first-order valence-electron chi connectivity index (χ1n) is 16.0. The summed E-state index contributed by atoms with van der Waals surface area (Å²) in [6, 6.07) is 0.732. The van der Waals surface area contributed by atoms with E-state index in [0.29, 0.717) is 36.8 Å². The van der Waals surface area contributed by atoms with Gasteiger partial charge in [-0.25, -0.2) is 4.98 Å². The van der Waals surface area contributed by atoms with Crippen LogP contribution < -0.4 is 10.9 Å².